The van der Waals surface area contributed by atoms with Gasteiger partial charge in [0.2, 0.25) is 0 Å². The lowest BCUT2D eigenvalue weighted by molar-refractivity contribution is 0.647. The van der Waals surface area contributed by atoms with E-state index in [4.69, 9.17) is 23.8 Å². The Morgan fingerprint density at radius 3 is 2.33 bits per heavy atom. The zero-order valence-electron chi connectivity index (χ0n) is 19.9. The Labute approximate surface area is 229 Å². The van der Waals surface area contributed by atoms with E-state index in [-0.39, 0.29) is 0 Å². The van der Waals surface area contributed by atoms with Gasteiger partial charge in [-0.3, -0.25) is 4.40 Å². The molecule has 180 valence electrons. The summed E-state index contributed by atoms with van der Waals surface area (Å²) in [6, 6.07) is 25.1. The number of hydrogen-bond donors (Lipinski definition) is 1. The fourth-order valence-electron chi connectivity index (χ4n) is 5.21. The topological polar surface area (TPSA) is 21.4 Å². The van der Waals surface area contributed by atoms with Crippen molar-refractivity contribution in [3.05, 3.63) is 105 Å². The van der Waals surface area contributed by atoms with Gasteiger partial charge in [-0.25, -0.2) is 0 Å². The first kappa shape index (κ1) is 23.5. The Morgan fingerprint density at radius 2 is 1.61 bits per heavy atom. The number of hydrogen-bond acceptors (Lipinski definition) is 1. The minimum Gasteiger partial charge on any atom is -0.345 e. The monoisotopic (exact) mass is 573 g/mol. The van der Waals surface area contributed by atoms with Crippen LogP contribution in [0.15, 0.2) is 83.5 Å². The molecule has 3 nitrogen and oxygen atoms in total. The van der Waals surface area contributed by atoms with Gasteiger partial charge in [-0.15, -0.1) is 0 Å². The highest BCUT2D eigenvalue weighted by atomic mass is 79.9. The maximum absolute atomic E-state index is 6.12. The third kappa shape index (κ3) is 4.19. The molecule has 6 rings (SSSR count). The second-order valence-electron chi connectivity index (χ2n) is 9.35. The number of nitrogens with zero attached hydrogens (tertiary/aromatic N) is 2. The van der Waals surface area contributed by atoms with Gasteiger partial charge in [0.25, 0.3) is 0 Å². The molecular formula is C30H25BrClN3S. The van der Waals surface area contributed by atoms with Gasteiger partial charge in [0.05, 0.1) is 11.4 Å². The molecule has 5 aromatic rings. The average molecular weight is 575 g/mol. The van der Waals surface area contributed by atoms with E-state index in [1.807, 2.05) is 24.3 Å². The molecule has 0 atom stereocenters. The first-order chi connectivity index (χ1) is 17.5. The predicted molar refractivity (Wildman–Crippen MR) is 158 cm³/mol. The van der Waals surface area contributed by atoms with Crippen LogP contribution in [0, 0.1) is 6.92 Å². The van der Waals surface area contributed by atoms with Crippen LogP contribution in [0.1, 0.15) is 29.7 Å². The van der Waals surface area contributed by atoms with Gasteiger partial charge in [-0.2, -0.15) is 0 Å². The van der Waals surface area contributed by atoms with E-state index >= 15 is 0 Å². The van der Waals surface area contributed by atoms with Crippen molar-refractivity contribution in [2.75, 3.05) is 5.32 Å². The largest absolute Gasteiger partial charge is 0.345 e. The van der Waals surface area contributed by atoms with Gasteiger partial charge in [0.1, 0.15) is 10.6 Å². The van der Waals surface area contributed by atoms with Crippen LogP contribution in [-0.4, -0.2) is 14.0 Å². The molecule has 3 heterocycles. The Kier molecular flexibility index (Phi) is 6.24. The minimum absolute atomic E-state index is 0.699. The molecule has 3 aromatic carbocycles. The molecule has 1 aliphatic rings. The Morgan fingerprint density at radius 1 is 0.917 bits per heavy atom. The zero-order valence-corrected chi connectivity index (χ0v) is 23.1. The first-order valence-corrected chi connectivity index (χ1v) is 13.7. The molecule has 2 aromatic heterocycles. The summed E-state index contributed by atoms with van der Waals surface area (Å²) in [7, 11) is 0. The Bertz CT molecular complexity index is 1580. The zero-order chi connectivity index (χ0) is 24.8. The average Bonchev–Trinajstić information content (AvgIpc) is 3.29. The third-order valence-corrected chi connectivity index (χ3v) is 8.01. The number of aromatic nitrogens is 2. The minimum atomic E-state index is 0.699. The van der Waals surface area contributed by atoms with Crippen molar-refractivity contribution in [3.8, 4) is 22.4 Å². The number of aryl methyl sites for hydroxylation is 3. The second kappa shape index (κ2) is 9.55. The molecule has 1 aliphatic heterocycles. The summed E-state index contributed by atoms with van der Waals surface area (Å²) in [6.45, 7) is 3.12. The van der Waals surface area contributed by atoms with Crippen LogP contribution in [0.25, 0.3) is 28.0 Å². The van der Waals surface area contributed by atoms with Gasteiger partial charge in [0, 0.05) is 39.1 Å². The Hall–Kier alpha value is -2.86. The molecule has 6 heteroatoms. The summed E-state index contributed by atoms with van der Waals surface area (Å²) in [6.07, 6.45) is 5.59. The molecule has 0 bridgehead atoms. The molecule has 0 aliphatic carbocycles. The maximum Gasteiger partial charge on any atom is 0.128 e. The van der Waals surface area contributed by atoms with Crippen molar-refractivity contribution in [1.29, 1.82) is 0 Å². The van der Waals surface area contributed by atoms with Gasteiger partial charge in [0.15, 0.2) is 0 Å². The third-order valence-electron chi connectivity index (χ3n) is 6.93. The van der Waals surface area contributed by atoms with Crippen LogP contribution in [0.3, 0.4) is 0 Å². The molecule has 0 saturated heterocycles. The van der Waals surface area contributed by atoms with Crippen molar-refractivity contribution < 1.29 is 0 Å². The van der Waals surface area contributed by atoms with Crippen molar-refractivity contribution in [1.82, 2.24) is 8.97 Å². The lowest BCUT2D eigenvalue weighted by atomic mass is 9.98. The molecule has 0 spiro atoms. The number of rotatable bonds is 4. The molecule has 0 radical (unpaired) electrons. The van der Waals surface area contributed by atoms with Crippen LogP contribution >= 0.6 is 39.7 Å². The number of imidazole rings is 1. The fraction of sp³-hybridized carbons (Fsp3) is 0.167. The Balaban J connectivity index is 1.60. The number of thiocarbonyl (C=S) groups is 1. The molecule has 0 amide bonds. The molecule has 0 unspecified atom stereocenters. The summed E-state index contributed by atoms with van der Waals surface area (Å²) in [4.78, 5) is 0.699. The van der Waals surface area contributed by atoms with Crippen LogP contribution in [0.2, 0.25) is 5.02 Å². The molecule has 1 N–H and O–H groups in total. The summed E-state index contributed by atoms with van der Waals surface area (Å²) >= 11 is 15.8. The van der Waals surface area contributed by atoms with E-state index in [0.717, 1.165) is 41.7 Å². The van der Waals surface area contributed by atoms with Gasteiger partial charge in [-0.05, 0) is 73.7 Å². The number of halogens is 2. The molecule has 0 saturated carbocycles. The van der Waals surface area contributed by atoms with Gasteiger partial charge >= 0.3 is 0 Å². The van der Waals surface area contributed by atoms with Crippen LogP contribution in [-0.2, 0) is 13.0 Å². The molecule has 0 fully saturated rings. The summed E-state index contributed by atoms with van der Waals surface area (Å²) in [5, 5.41) is 4.19. The highest BCUT2D eigenvalue weighted by Gasteiger charge is 2.28. The summed E-state index contributed by atoms with van der Waals surface area (Å²) in [5.74, 6) is 0. The van der Waals surface area contributed by atoms with Crippen molar-refractivity contribution >= 4 is 56.1 Å². The predicted octanol–water partition coefficient (Wildman–Crippen LogP) is 8.92. The molecule has 36 heavy (non-hydrogen) atoms. The number of nitrogens with one attached hydrogen (secondary N) is 1. The standard InChI is InChI=1S/C30H25BrClN3S/c1-19-5-7-20(8-6-19)26-18-35-28(29(36)33-24-15-13-23(32)14-16-24)27(21-9-11-22(31)12-10-21)25-4-2-3-17-34(26)30(25)35/h5-16,18H,2-4,17H2,1H3,(H,33,36). The fourth-order valence-corrected chi connectivity index (χ4v) is 5.92. The van der Waals surface area contributed by atoms with Crippen LogP contribution < -0.4 is 5.32 Å². The number of anilines is 1. The van der Waals surface area contributed by atoms with E-state index in [0.29, 0.717) is 10.0 Å². The summed E-state index contributed by atoms with van der Waals surface area (Å²) in [5.41, 5.74) is 10.7. The highest BCUT2D eigenvalue weighted by molar-refractivity contribution is 9.10. The van der Waals surface area contributed by atoms with Crippen LogP contribution in [0.5, 0.6) is 0 Å². The smallest absolute Gasteiger partial charge is 0.128 e. The second-order valence-corrected chi connectivity index (χ2v) is 11.1. The normalized spacial score (nSPS) is 13.1. The van der Waals surface area contributed by atoms with Gasteiger partial charge < -0.3 is 9.88 Å². The van der Waals surface area contributed by atoms with E-state index in [2.05, 4.69) is 91.9 Å². The van der Waals surface area contributed by atoms with E-state index in [1.165, 1.54) is 39.2 Å². The van der Waals surface area contributed by atoms with E-state index < -0.39 is 0 Å². The lowest BCUT2D eigenvalue weighted by Crippen LogP contribution is -2.14. The van der Waals surface area contributed by atoms with Gasteiger partial charge in [-0.1, -0.05) is 81.7 Å². The van der Waals surface area contributed by atoms with Crippen molar-refractivity contribution in [2.45, 2.75) is 32.7 Å². The van der Waals surface area contributed by atoms with E-state index in [1.54, 1.807) is 0 Å². The first-order valence-electron chi connectivity index (χ1n) is 12.2. The SMILES string of the molecule is Cc1ccc(-c2cn3c(C(=S)Nc4ccc(Cl)cc4)c(-c4ccc(Br)cc4)c4c3n2CCCC4)cc1. The quantitative estimate of drug-likeness (QED) is 0.216. The number of benzene rings is 3. The van der Waals surface area contributed by atoms with Crippen molar-refractivity contribution in [2.24, 2.45) is 0 Å². The lowest BCUT2D eigenvalue weighted by Gasteiger charge is -2.12. The highest BCUT2D eigenvalue weighted by Crippen LogP contribution is 2.40. The molecular weight excluding hydrogens is 550 g/mol. The van der Waals surface area contributed by atoms with E-state index in [9.17, 15) is 0 Å². The van der Waals surface area contributed by atoms with Crippen molar-refractivity contribution in [3.63, 3.8) is 0 Å². The summed E-state index contributed by atoms with van der Waals surface area (Å²) < 4.78 is 5.87. The maximum atomic E-state index is 6.12. The van der Waals surface area contributed by atoms with Crippen LogP contribution in [0.4, 0.5) is 5.69 Å².